The molecule has 2 heteroatoms. The molecule has 0 amide bonds. The Morgan fingerprint density at radius 3 is 2.71 bits per heavy atom. The van der Waals surface area contributed by atoms with Crippen LogP contribution in [0.25, 0.3) is 0 Å². The first-order valence-electron chi connectivity index (χ1n) is 6.71. The molecule has 2 aliphatic rings. The lowest BCUT2D eigenvalue weighted by Crippen LogP contribution is -2.28. The monoisotopic (exact) mass is 248 g/mol. The van der Waals surface area contributed by atoms with Crippen molar-refractivity contribution in [1.82, 2.24) is 0 Å². The maximum atomic E-state index is 10.4. The van der Waals surface area contributed by atoms with Crippen LogP contribution < -0.4 is 0 Å². The molecule has 1 aromatic rings. The lowest BCUT2D eigenvalue weighted by Gasteiger charge is -2.26. The van der Waals surface area contributed by atoms with Crippen molar-refractivity contribution in [2.75, 3.05) is 5.75 Å². The Bertz CT molecular complexity index is 358. The summed E-state index contributed by atoms with van der Waals surface area (Å²) in [5.74, 6) is 2.38. The molecule has 92 valence electrons. The summed E-state index contributed by atoms with van der Waals surface area (Å²) >= 11 is 1.99. The number of aliphatic hydroxyl groups is 1. The van der Waals surface area contributed by atoms with Gasteiger partial charge in [0.1, 0.15) is 0 Å². The fourth-order valence-electron chi connectivity index (χ4n) is 2.99. The summed E-state index contributed by atoms with van der Waals surface area (Å²) < 4.78 is 0. The van der Waals surface area contributed by atoms with Crippen molar-refractivity contribution in [3.8, 4) is 0 Å². The van der Waals surface area contributed by atoms with Gasteiger partial charge in [-0.3, -0.25) is 0 Å². The Balaban J connectivity index is 1.60. The molecule has 0 bridgehead atoms. The van der Waals surface area contributed by atoms with E-state index in [-0.39, 0.29) is 6.10 Å². The van der Waals surface area contributed by atoms with E-state index < -0.39 is 0 Å². The molecule has 1 N–H and O–H groups in total. The van der Waals surface area contributed by atoms with Crippen molar-refractivity contribution in [3.05, 3.63) is 35.9 Å². The van der Waals surface area contributed by atoms with Crippen LogP contribution in [-0.2, 0) is 0 Å². The average Bonchev–Trinajstić information content (AvgIpc) is 3.20. The van der Waals surface area contributed by atoms with E-state index in [0.29, 0.717) is 17.1 Å². The van der Waals surface area contributed by atoms with Crippen LogP contribution in [0.3, 0.4) is 0 Å². The van der Waals surface area contributed by atoms with Crippen molar-refractivity contribution in [3.63, 3.8) is 0 Å². The standard InChI is InChI=1S/C15H20OS/c16-15(14-8-4-5-9-17-14)13-10-12(13)11-6-2-1-3-7-11/h1-3,6-7,12-16H,4-5,8-10H2. The zero-order valence-electron chi connectivity index (χ0n) is 10.1. The molecule has 0 aromatic heterocycles. The van der Waals surface area contributed by atoms with E-state index in [4.69, 9.17) is 0 Å². The first kappa shape index (κ1) is 11.6. The van der Waals surface area contributed by atoms with Gasteiger partial charge in [0.15, 0.2) is 0 Å². The Morgan fingerprint density at radius 2 is 2.00 bits per heavy atom. The zero-order valence-corrected chi connectivity index (χ0v) is 10.9. The highest BCUT2D eigenvalue weighted by Gasteiger charge is 2.46. The molecular formula is C15H20OS. The second-order valence-corrected chi connectivity index (χ2v) is 6.66. The summed E-state index contributed by atoms with van der Waals surface area (Å²) in [4.78, 5) is 0. The predicted octanol–water partition coefficient (Wildman–Crippen LogP) is 3.44. The second kappa shape index (κ2) is 5.03. The van der Waals surface area contributed by atoms with Gasteiger partial charge in [-0.05, 0) is 42.4 Å². The molecule has 1 aromatic carbocycles. The van der Waals surface area contributed by atoms with E-state index in [9.17, 15) is 5.11 Å². The van der Waals surface area contributed by atoms with Crippen LogP contribution in [0.4, 0.5) is 0 Å². The largest absolute Gasteiger partial charge is 0.392 e. The molecule has 1 saturated carbocycles. The second-order valence-electron chi connectivity index (χ2n) is 5.31. The maximum Gasteiger partial charge on any atom is 0.0692 e. The van der Waals surface area contributed by atoms with Crippen molar-refractivity contribution in [2.45, 2.75) is 43.0 Å². The van der Waals surface area contributed by atoms with Gasteiger partial charge in [-0.1, -0.05) is 36.8 Å². The lowest BCUT2D eigenvalue weighted by molar-refractivity contribution is 0.141. The summed E-state index contributed by atoms with van der Waals surface area (Å²) in [6.45, 7) is 0. The van der Waals surface area contributed by atoms with Crippen molar-refractivity contribution < 1.29 is 5.11 Å². The number of benzene rings is 1. The molecule has 1 aliphatic carbocycles. The Kier molecular flexibility index (Phi) is 3.44. The summed E-state index contributed by atoms with van der Waals surface area (Å²) in [5.41, 5.74) is 1.41. The summed E-state index contributed by atoms with van der Waals surface area (Å²) in [6, 6.07) is 10.7. The number of hydrogen-bond donors (Lipinski definition) is 1. The maximum absolute atomic E-state index is 10.4. The number of aliphatic hydroxyl groups excluding tert-OH is 1. The first-order valence-corrected chi connectivity index (χ1v) is 7.76. The molecular weight excluding hydrogens is 228 g/mol. The van der Waals surface area contributed by atoms with E-state index in [0.717, 1.165) is 0 Å². The molecule has 3 rings (SSSR count). The van der Waals surface area contributed by atoms with E-state index >= 15 is 0 Å². The Hall–Kier alpha value is -0.470. The van der Waals surface area contributed by atoms with Gasteiger partial charge in [-0.25, -0.2) is 0 Å². The van der Waals surface area contributed by atoms with Gasteiger partial charge in [-0.15, -0.1) is 0 Å². The fourth-order valence-corrected chi connectivity index (χ4v) is 4.39. The molecule has 1 heterocycles. The van der Waals surface area contributed by atoms with Gasteiger partial charge < -0.3 is 5.11 Å². The van der Waals surface area contributed by atoms with Crippen LogP contribution in [-0.4, -0.2) is 22.2 Å². The van der Waals surface area contributed by atoms with E-state index in [1.54, 1.807) is 0 Å². The van der Waals surface area contributed by atoms with Crippen LogP contribution in [0, 0.1) is 5.92 Å². The molecule has 0 radical (unpaired) electrons. The fraction of sp³-hybridized carbons (Fsp3) is 0.600. The minimum Gasteiger partial charge on any atom is -0.392 e. The van der Waals surface area contributed by atoms with E-state index in [2.05, 4.69) is 30.3 Å². The molecule has 4 atom stereocenters. The van der Waals surface area contributed by atoms with Crippen LogP contribution in [0.1, 0.15) is 37.2 Å². The SMILES string of the molecule is OC(C1CCCCS1)C1CC1c1ccccc1. The first-order chi connectivity index (χ1) is 8.36. The van der Waals surface area contributed by atoms with E-state index in [1.807, 2.05) is 11.8 Å². The van der Waals surface area contributed by atoms with Gasteiger partial charge in [-0.2, -0.15) is 11.8 Å². The molecule has 1 saturated heterocycles. The summed E-state index contributed by atoms with van der Waals surface area (Å²) in [5, 5.41) is 10.9. The zero-order chi connectivity index (χ0) is 11.7. The van der Waals surface area contributed by atoms with Crippen molar-refractivity contribution in [1.29, 1.82) is 0 Å². The van der Waals surface area contributed by atoms with Gasteiger partial charge in [0.25, 0.3) is 0 Å². The molecule has 1 nitrogen and oxygen atoms in total. The minimum atomic E-state index is -0.0782. The van der Waals surface area contributed by atoms with Crippen LogP contribution >= 0.6 is 11.8 Å². The number of rotatable bonds is 3. The Labute approximate surface area is 108 Å². The predicted molar refractivity (Wildman–Crippen MR) is 73.4 cm³/mol. The normalized spacial score (nSPS) is 34.3. The van der Waals surface area contributed by atoms with Crippen LogP contribution in [0.15, 0.2) is 30.3 Å². The van der Waals surface area contributed by atoms with Crippen LogP contribution in [0.2, 0.25) is 0 Å². The Morgan fingerprint density at radius 1 is 1.18 bits per heavy atom. The molecule has 4 unspecified atom stereocenters. The summed E-state index contributed by atoms with van der Waals surface area (Å²) in [6.07, 6.45) is 4.95. The third-order valence-corrected chi connectivity index (χ3v) is 5.57. The number of thioether (sulfide) groups is 1. The van der Waals surface area contributed by atoms with Crippen molar-refractivity contribution >= 4 is 11.8 Å². The molecule has 2 fully saturated rings. The quantitative estimate of drug-likeness (QED) is 0.884. The van der Waals surface area contributed by atoms with E-state index in [1.165, 1.54) is 37.0 Å². The topological polar surface area (TPSA) is 20.2 Å². The minimum absolute atomic E-state index is 0.0782. The lowest BCUT2D eigenvalue weighted by atomic mass is 10.0. The number of hydrogen-bond acceptors (Lipinski definition) is 2. The highest BCUT2D eigenvalue weighted by atomic mass is 32.2. The molecule has 1 aliphatic heterocycles. The third-order valence-electron chi connectivity index (χ3n) is 4.10. The van der Waals surface area contributed by atoms with Crippen LogP contribution in [0.5, 0.6) is 0 Å². The van der Waals surface area contributed by atoms with Gasteiger partial charge in [0.2, 0.25) is 0 Å². The van der Waals surface area contributed by atoms with Gasteiger partial charge in [0.05, 0.1) is 6.10 Å². The van der Waals surface area contributed by atoms with Crippen molar-refractivity contribution in [2.24, 2.45) is 5.92 Å². The highest BCUT2D eigenvalue weighted by molar-refractivity contribution is 8.00. The molecule has 0 spiro atoms. The van der Waals surface area contributed by atoms with Gasteiger partial charge in [0, 0.05) is 5.25 Å². The molecule has 17 heavy (non-hydrogen) atoms. The average molecular weight is 248 g/mol. The third kappa shape index (κ3) is 2.53. The van der Waals surface area contributed by atoms with Gasteiger partial charge >= 0.3 is 0 Å². The summed E-state index contributed by atoms with van der Waals surface area (Å²) in [7, 11) is 0. The highest BCUT2D eigenvalue weighted by Crippen LogP contribution is 2.52. The smallest absolute Gasteiger partial charge is 0.0692 e.